The number of aliphatic carboxylic acids is 2. The Labute approximate surface area is 378 Å². The van der Waals surface area contributed by atoms with E-state index in [1.165, 1.54) is 13.8 Å². The fraction of sp³-hybridized carbons (Fsp3) is 0.684. The minimum absolute atomic E-state index is 0.00201. The zero-order valence-electron chi connectivity index (χ0n) is 37.1. The molecule has 0 saturated carbocycles. The Morgan fingerprint density at radius 3 is 1.64 bits per heavy atom. The summed E-state index contributed by atoms with van der Waals surface area (Å²) in [4.78, 5) is 153. The third kappa shape index (κ3) is 18.5. The number of carbonyl (C=O) groups excluding carboxylic acids is 10. The first-order valence-electron chi connectivity index (χ1n) is 20.8. The zero-order valence-corrected chi connectivity index (χ0v) is 37.1. The highest BCUT2D eigenvalue weighted by Gasteiger charge is 2.42. The first-order chi connectivity index (χ1) is 30.6. The number of likely N-dealkylation sites (tertiary alicyclic amines) is 1. The molecule has 11 atom stereocenters. The summed E-state index contributed by atoms with van der Waals surface area (Å²) >= 11 is 0. The molecule has 0 aromatic carbocycles. The molecule has 1 rings (SSSR count). The lowest BCUT2D eigenvalue weighted by Crippen LogP contribution is -2.62. The Hall–Kier alpha value is -6.52. The Bertz CT molecular complexity index is 1810. The van der Waals surface area contributed by atoms with Gasteiger partial charge in [-0.15, -0.1) is 0 Å². The monoisotopic (exact) mass is 945 g/mol. The summed E-state index contributed by atoms with van der Waals surface area (Å²) in [5.74, 6) is -13.9. The van der Waals surface area contributed by atoms with Gasteiger partial charge in [0.05, 0.1) is 31.3 Å². The molecule has 0 radical (unpaired) electrons. The van der Waals surface area contributed by atoms with Crippen molar-refractivity contribution in [2.24, 2.45) is 23.1 Å². The van der Waals surface area contributed by atoms with Crippen molar-refractivity contribution >= 4 is 71.0 Å². The predicted octanol–water partition coefficient (Wildman–Crippen LogP) is -7.78. The normalized spacial score (nSPS) is 18.0. The molecule has 66 heavy (non-hydrogen) atoms. The lowest BCUT2D eigenvalue weighted by molar-refractivity contribution is -0.145. The summed E-state index contributed by atoms with van der Waals surface area (Å²) < 4.78 is 0. The molecule has 1 aliphatic heterocycles. The Balaban J connectivity index is 3.15. The second kappa shape index (κ2) is 27.1. The molecule has 1 saturated heterocycles. The van der Waals surface area contributed by atoms with Crippen LogP contribution in [0.25, 0.3) is 0 Å². The van der Waals surface area contributed by atoms with Gasteiger partial charge in [-0.05, 0) is 52.4 Å². The van der Waals surface area contributed by atoms with Crippen LogP contribution in [0.5, 0.6) is 0 Å². The van der Waals surface area contributed by atoms with Crippen LogP contribution in [0, 0.1) is 5.92 Å². The topological polar surface area (TPSA) is 472 Å². The van der Waals surface area contributed by atoms with Crippen LogP contribution < -0.4 is 54.4 Å². The molecule has 0 unspecified atom stereocenters. The van der Waals surface area contributed by atoms with Gasteiger partial charge in [-0.2, -0.15) is 0 Å². The van der Waals surface area contributed by atoms with Gasteiger partial charge in [0.1, 0.15) is 48.3 Å². The van der Waals surface area contributed by atoms with Gasteiger partial charge in [-0.25, -0.2) is 4.79 Å². The largest absolute Gasteiger partial charge is 0.481 e. The first-order valence-corrected chi connectivity index (χ1v) is 20.8. The maximum absolute atomic E-state index is 13.8. The lowest BCUT2D eigenvalue weighted by atomic mass is 10.0. The summed E-state index contributed by atoms with van der Waals surface area (Å²) in [6.07, 6.45) is -5.60. The molecule has 18 N–H and O–H groups in total. The number of hydrogen-bond acceptors (Lipinski definition) is 16. The van der Waals surface area contributed by atoms with Crippen LogP contribution in [-0.2, 0) is 57.5 Å². The second-order valence-corrected chi connectivity index (χ2v) is 16.0. The van der Waals surface area contributed by atoms with Crippen molar-refractivity contribution in [3.8, 4) is 0 Å². The van der Waals surface area contributed by atoms with E-state index in [2.05, 4.69) is 37.2 Å². The molecule has 0 aromatic heterocycles. The van der Waals surface area contributed by atoms with Crippen LogP contribution in [0.2, 0.25) is 0 Å². The van der Waals surface area contributed by atoms with Crippen molar-refractivity contribution in [2.75, 3.05) is 13.2 Å². The summed E-state index contributed by atoms with van der Waals surface area (Å²) in [5.41, 5.74) is 16.1. The van der Waals surface area contributed by atoms with Gasteiger partial charge in [-0.3, -0.25) is 52.7 Å². The number of nitrogens with zero attached hydrogens (tertiary/aromatic N) is 1. The van der Waals surface area contributed by atoms with Gasteiger partial charge < -0.3 is 84.9 Å². The number of rotatable bonds is 28. The predicted molar refractivity (Wildman–Crippen MR) is 224 cm³/mol. The molecule has 10 amide bonds. The molecule has 28 nitrogen and oxygen atoms in total. The molecule has 1 aliphatic rings. The summed E-state index contributed by atoms with van der Waals surface area (Å²) in [5, 5.41) is 64.8. The van der Waals surface area contributed by atoms with Crippen molar-refractivity contribution < 1.29 is 83.1 Å². The lowest BCUT2D eigenvalue weighted by Gasteiger charge is -2.32. The van der Waals surface area contributed by atoms with E-state index in [1.54, 1.807) is 0 Å². The first kappa shape index (κ1) is 57.5. The average molecular weight is 946 g/mol. The fourth-order valence-electron chi connectivity index (χ4n) is 6.33. The van der Waals surface area contributed by atoms with E-state index in [1.807, 2.05) is 0 Å². The van der Waals surface area contributed by atoms with Crippen molar-refractivity contribution in [3.05, 3.63) is 0 Å². The molecule has 372 valence electrons. The van der Waals surface area contributed by atoms with Crippen LogP contribution in [-0.4, -0.2) is 181 Å². The van der Waals surface area contributed by atoms with Gasteiger partial charge in [0.15, 0.2) is 0 Å². The number of nitrogens with two attached hydrogens (primary N) is 3. The Morgan fingerprint density at radius 1 is 0.606 bits per heavy atom. The molecule has 0 aromatic rings. The summed E-state index contributed by atoms with van der Waals surface area (Å²) in [6.45, 7) is 5.29. The van der Waals surface area contributed by atoms with Crippen LogP contribution in [0.1, 0.15) is 79.6 Å². The van der Waals surface area contributed by atoms with Crippen LogP contribution >= 0.6 is 0 Å². The highest BCUT2D eigenvalue weighted by molar-refractivity contribution is 5.99. The van der Waals surface area contributed by atoms with Crippen molar-refractivity contribution in [1.82, 2.24) is 42.1 Å². The maximum Gasteiger partial charge on any atom is 0.326 e. The van der Waals surface area contributed by atoms with E-state index in [9.17, 15) is 78.0 Å². The molecular formula is C38H63N11O17. The number of carbonyl (C=O) groups is 12. The van der Waals surface area contributed by atoms with Gasteiger partial charge >= 0.3 is 11.9 Å². The zero-order chi connectivity index (χ0) is 50.7. The van der Waals surface area contributed by atoms with Crippen LogP contribution in [0.15, 0.2) is 0 Å². The number of aliphatic hydroxyl groups is 3. The minimum atomic E-state index is -1.82. The summed E-state index contributed by atoms with van der Waals surface area (Å²) in [7, 11) is 0. The number of aliphatic hydroxyl groups excluding tert-OH is 3. The smallest absolute Gasteiger partial charge is 0.326 e. The third-order valence-electron chi connectivity index (χ3n) is 10.1. The fourth-order valence-corrected chi connectivity index (χ4v) is 6.33. The van der Waals surface area contributed by atoms with E-state index >= 15 is 0 Å². The molecular weight excluding hydrogens is 882 g/mol. The van der Waals surface area contributed by atoms with E-state index in [0.29, 0.717) is 0 Å². The van der Waals surface area contributed by atoms with Crippen LogP contribution in [0.4, 0.5) is 0 Å². The molecule has 1 heterocycles. The number of hydrogen-bond donors (Lipinski definition) is 15. The number of carboxylic acids is 2. The number of primary amides is 2. The van der Waals surface area contributed by atoms with E-state index in [0.717, 1.165) is 25.7 Å². The van der Waals surface area contributed by atoms with E-state index in [-0.39, 0.29) is 32.2 Å². The SMILES string of the molecule is CC(C)[C@H](NC(=O)[C@H](CO)NC(=O)[C@@H](NC(=O)[C@@H]1CCCN1C(=O)[C@@H](NC(=O)[C@H](C)NC(=O)[C@H](CC(N)=O)NC(=O)[C@H](CCC(=O)O)NC(=O)[C@@H](N)CCC(N)=O)[C@@H](C)O)[C@@H](C)O)C(=O)O. The highest BCUT2D eigenvalue weighted by atomic mass is 16.4. The van der Waals surface area contributed by atoms with Gasteiger partial charge in [-0.1, -0.05) is 13.8 Å². The molecule has 0 bridgehead atoms. The maximum atomic E-state index is 13.8. The molecule has 28 heteroatoms. The number of carboxylic acid groups (broad SMARTS) is 2. The number of amides is 10. The third-order valence-corrected chi connectivity index (χ3v) is 10.1. The standard InChI is InChI=1S/C38H63N11O17/c1-15(2)27(38(65)66)46-34(61)22(14-50)45-36(63)28(17(4)51)47-35(62)23-7-6-12-49(23)37(64)29(18(5)52)48-30(57)16(3)42-33(60)21(13-25(41)54)44-32(59)20(9-11-26(55)56)43-31(58)19(39)8-10-24(40)53/h15-23,27-29,50-52H,6-14,39H2,1-5H3,(H2,40,53)(H2,41,54)(H,42,60)(H,43,58)(H,44,59)(H,45,63)(H,46,61)(H,47,62)(H,48,57)(H,55,56)(H,65,66)/t16-,17+,18+,19-,20-,21-,22-,23-,27-,28-,29-/m0/s1. The van der Waals surface area contributed by atoms with Gasteiger partial charge in [0.2, 0.25) is 59.1 Å². The van der Waals surface area contributed by atoms with E-state index < -0.39 is 169 Å². The quantitative estimate of drug-likeness (QED) is 0.0346. The van der Waals surface area contributed by atoms with Crippen molar-refractivity contribution in [3.63, 3.8) is 0 Å². The van der Waals surface area contributed by atoms with Crippen molar-refractivity contribution in [1.29, 1.82) is 0 Å². The van der Waals surface area contributed by atoms with Gasteiger partial charge in [0, 0.05) is 19.4 Å². The Morgan fingerprint density at radius 2 is 1.14 bits per heavy atom. The second-order valence-electron chi connectivity index (χ2n) is 16.0. The summed E-state index contributed by atoms with van der Waals surface area (Å²) in [6, 6.07) is -14.3. The highest BCUT2D eigenvalue weighted by Crippen LogP contribution is 2.20. The number of nitrogens with one attached hydrogen (secondary N) is 7. The van der Waals surface area contributed by atoms with E-state index in [4.69, 9.17) is 22.3 Å². The minimum Gasteiger partial charge on any atom is -0.481 e. The van der Waals surface area contributed by atoms with Crippen molar-refractivity contribution in [2.45, 2.75) is 146 Å². The van der Waals surface area contributed by atoms with Crippen LogP contribution in [0.3, 0.4) is 0 Å². The molecule has 0 aliphatic carbocycles. The molecule has 0 spiro atoms. The molecule has 1 fully saturated rings. The van der Waals surface area contributed by atoms with Gasteiger partial charge in [0.25, 0.3) is 0 Å². The Kier molecular flexibility index (Phi) is 23.6. The average Bonchev–Trinajstić information content (AvgIpc) is 3.72.